The molecule has 1 atom stereocenters. The Kier molecular flexibility index (Phi) is 4.74. The van der Waals surface area contributed by atoms with Crippen LogP contribution in [-0.4, -0.2) is 17.1 Å². The number of pyridine rings is 1. The maximum Gasteiger partial charge on any atom is 0.0590 e. The Labute approximate surface area is 106 Å². The lowest BCUT2D eigenvalue weighted by Crippen LogP contribution is -2.43. The van der Waals surface area contributed by atoms with Crippen LogP contribution in [0.1, 0.15) is 27.2 Å². The quantitative estimate of drug-likeness (QED) is 0.874. The number of hydrogen-bond acceptors (Lipinski definition) is 3. The van der Waals surface area contributed by atoms with Crippen molar-refractivity contribution < 1.29 is 0 Å². The molecule has 0 amide bonds. The summed E-state index contributed by atoms with van der Waals surface area (Å²) >= 11 is 3.48. The van der Waals surface area contributed by atoms with Gasteiger partial charge in [-0.25, -0.2) is 0 Å². The van der Waals surface area contributed by atoms with Gasteiger partial charge < -0.3 is 11.1 Å². The number of nitrogens with zero attached hydrogens (tertiary/aromatic N) is 1. The molecule has 0 saturated carbocycles. The van der Waals surface area contributed by atoms with Crippen molar-refractivity contribution in [2.75, 3.05) is 11.9 Å². The van der Waals surface area contributed by atoms with Crippen molar-refractivity contribution in [3.63, 3.8) is 0 Å². The molecule has 1 aromatic rings. The van der Waals surface area contributed by atoms with Gasteiger partial charge in [-0.05, 0) is 41.3 Å². The first-order chi connectivity index (χ1) is 7.47. The van der Waals surface area contributed by atoms with Crippen molar-refractivity contribution in [3.05, 3.63) is 22.9 Å². The van der Waals surface area contributed by atoms with Gasteiger partial charge in [-0.2, -0.15) is 0 Å². The molecule has 0 fully saturated rings. The number of halogens is 1. The van der Waals surface area contributed by atoms with Gasteiger partial charge in [0, 0.05) is 24.5 Å². The number of nitrogens with two attached hydrogens (primary N) is 1. The molecule has 0 radical (unpaired) electrons. The third-order valence-electron chi connectivity index (χ3n) is 2.52. The molecule has 0 bridgehead atoms. The minimum absolute atomic E-state index is 0.0714. The fourth-order valence-corrected chi connectivity index (χ4v) is 2.24. The molecule has 0 aliphatic heterocycles. The van der Waals surface area contributed by atoms with Crippen LogP contribution < -0.4 is 11.1 Å². The maximum atomic E-state index is 5.86. The van der Waals surface area contributed by atoms with Crippen LogP contribution in [0.15, 0.2) is 22.9 Å². The molecule has 0 spiro atoms. The molecule has 1 heterocycles. The Balaban J connectivity index is 2.81. The molecule has 1 aromatic heterocycles. The number of anilines is 1. The van der Waals surface area contributed by atoms with E-state index in [9.17, 15) is 0 Å². The Morgan fingerprint density at radius 1 is 1.56 bits per heavy atom. The summed E-state index contributed by atoms with van der Waals surface area (Å²) in [4.78, 5) is 4.04. The SMILES string of the molecule is CC(C)CC(C)(CN)Nc1ccncc1Br. The predicted octanol–water partition coefficient (Wildman–Crippen LogP) is 3.02. The Hall–Kier alpha value is -0.610. The first kappa shape index (κ1) is 13.5. The van der Waals surface area contributed by atoms with Gasteiger partial charge in [-0.1, -0.05) is 13.8 Å². The molecule has 16 heavy (non-hydrogen) atoms. The lowest BCUT2D eigenvalue weighted by molar-refractivity contribution is 0.407. The average molecular weight is 286 g/mol. The third-order valence-corrected chi connectivity index (χ3v) is 3.15. The van der Waals surface area contributed by atoms with Gasteiger partial charge in [0.2, 0.25) is 0 Å². The second kappa shape index (κ2) is 5.64. The van der Waals surface area contributed by atoms with E-state index in [4.69, 9.17) is 5.73 Å². The van der Waals surface area contributed by atoms with E-state index in [2.05, 4.69) is 47.0 Å². The normalized spacial score (nSPS) is 14.9. The molecule has 3 N–H and O–H groups in total. The number of aromatic nitrogens is 1. The highest BCUT2D eigenvalue weighted by atomic mass is 79.9. The second-order valence-electron chi connectivity index (χ2n) is 4.84. The molecule has 0 aliphatic rings. The molecule has 0 saturated heterocycles. The monoisotopic (exact) mass is 285 g/mol. The smallest absolute Gasteiger partial charge is 0.0590 e. The fraction of sp³-hybridized carbons (Fsp3) is 0.583. The van der Waals surface area contributed by atoms with Crippen molar-refractivity contribution in [3.8, 4) is 0 Å². The Morgan fingerprint density at radius 2 is 2.25 bits per heavy atom. The molecular formula is C12H20BrN3. The van der Waals surface area contributed by atoms with Gasteiger partial charge in [-0.15, -0.1) is 0 Å². The maximum absolute atomic E-state index is 5.86. The molecule has 3 nitrogen and oxygen atoms in total. The van der Waals surface area contributed by atoms with E-state index in [-0.39, 0.29) is 5.54 Å². The summed E-state index contributed by atoms with van der Waals surface area (Å²) in [7, 11) is 0. The third kappa shape index (κ3) is 3.76. The summed E-state index contributed by atoms with van der Waals surface area (Å²) in [5.74, 6) is 0.613. The highest BCUT2D eigenvalue weighted by Gasteiger charge is 2.24. The van der Waals surface area contributed by atoms with Crippen LogP contribution in [0.25, 0.3) is 0 Å². The molecular weight excluding hydrogens is 266 g/mol. The highest BCUT2D eigenvalue weighted by Crippen LogP contribution is 2.26. The minimum Gasteiger partial charge on any atom is -0.378 e. The van der Waals surface area contributed by atoms with Crippen molar-refractivity contribution in [1.82, 2.24) is 4.98 Å². The van der Waals surface area contributed by atoms with E-state index >= 15 is 0 Å². The van der Waals surface area contributed by atoms with Crippen molar-refractivity contribution >= 4 is 21.6 Å². The summed E-state index contributed by atoms with van der Waals surface area (Å²) in [6.45, 7) is 7.17. The molecule has 0 aliphatic carbocycles. The molecule has 90 valence electrons. The van der Waals surface area contributed by atoms with Gasteiger partial charge in [0.15, 0.2) is 0 Å². The van der Waals surface area contributed by atoms with Crippen LogP contribution in [0.4, 0.5) is 5.69 Å². The molecule has 1 rings (SSSR count). The van der Waals surface area contributed by atoms with E-state index in [0.29, 0.717) is 12.5 Å². The number of nitrogens with one attached hydrogen (secondary N) is 1. The number of hydrogen-bond donors (Lipinski definition) is 2. The summed E-state index contributed by atoms with van der Waals surface area (Å²) in [5, 5.41) is 3.49. The van der Waals surface area contributed by atoms with Crippen molar-refractivity contribution in [2.45, 2.75) is 32.7 Å². The van der Waals surface area contributed by atoms with Crippen LogP contribution >= 0.6 is 15.9 Å². The lowest BCUT2D eigenvalue weighted by atomic mass is 9.90. The van der Waals surface area contributed by atoms with Crippen molar-refractivity contribution in [2.24, 2.45) is 11.7 Å². The molecule has 4 heteroatoms. The first-order valence-corrected chi connectivity index (χ1v) is 6.34. The predicted molar refractivity (Wildman–Crippen MR) is 72.5 cm³/mol. The van der Waals surface area contributed by atoms with Crippen LogP contribution in [-0.2, 0) is 0 Å². The first-order valence-electron chi connectivity index (χ1n) is 5.54. The van der Waals surface area contributed by atoms with Crippen LogP contribution in [0.2, 0.25) is 0 Å². The topological polar surface area (TPSA) is 50.9 Å². The van der Waals surface area contributed by atoms with E-state index < -0.39 is 0 Å². The van der Waals surface area contributed by atoms with Crippen LogP contribution in [0.3, 0.4) is 0 Å². The van der Waals surface area contributed by atoms with Gasteiger partial charge in [0.05, 0.1) is 10.2 Å². The summed E-state index contributed by atoms with van der Waals surface area (Å²) < 4.78 is 0.971. The minimum atomic E-state index is -0.0714. The fourth-order valence-electron chi connectivity index (χ4n) is 1.89. The van der Waals surface area contributed by atoms with Crippen LogP contribution in [0, 0.1) is 5.92 Å². The van der Waals surface area contributed by atoms with Gasteiger partial charge >= 0.3 is 0 Å². The summed E-state index contributed by atoms with van der Waals surface area (Å²) in [6.07, 6.45) is 4.60. The zero-order chi connectivity index (χ0) is 12.2. The van der Waals surface area contributed by atoms with E-state index in [1.54, 1.807) is 12.4 Å². The van der Waals surface area contributed by atoms with Crippen molar-refractivity contribution in [1.29, 1.82) is 0 Å². The Morgan fingerprint density at radius 3 is 2.75 bits per heavy atom. The lowest BCUT2D eigenvalue weighted by Gasteiger charge is -2.32. The standard InChI is InChI=1S/C12H20BrN3/c1-9(2)6-12(3,8-14)16-11-4-5-15-7-10(11)13/h4-5,7,9H,6,8,14H2,1-3H3,(H,15,16). The zero-order valence-corrected chi connectivity index (χ0v) is 11.7. The summed E-state index contributed by atoms with van der Waals surface area (Å²) in [6, 6.07) is 1.96. The van der Waals surface area contributed by atoms with E-state index in [1.807, 2.05) is 6.07 Å². The second-order valence-corrected chi connectivity index (χ2v) is 5.70. The van der Waals surface area contributed by atoms with Gasteiger partial charge in [0.25, 0.3) is 0 Å². The molecule has 0 aromatic carbocycles. The van der Waals surface area contributed by atoms with Crippen LogP contribution in [0.5, 0.6) is 0 Å². The largest absolute Gasteiger partial charge is 0.378 e. The molecule has 1 unspecified atom stereocenters. The number of rotatable bonds is 5. The van der Waals surface area contributed by atoms with E-state index in [0.717, 1.165) is 16.6 Å². The van der Waals surface area contributed by atoms with E-state index in [1.165, 1.54) is 0 Å². The Bertz CT molecular complexity index is 341. The van der Waals surface area contributed by atoms with Gasteiger partial charge in [-0.3, -0.25) is 4.98 Å². The highest BCUT2D eigenvalue weighted by molar-refractivity contribution is 9.10. The zero-order valence-electron chi connectivity index (χ0n) is 10.1. The summed E-state index contributed by atoms with van der Waals surface area (Å²) in [5.41, 5.74) is 6.83. The average Bonchev–Trinajstić information content (AvgIpc) is 2.20. The van der Waals surface area contributed by atoms with Gasteiger partial charge in [0.1, 0.15) is 0 Å².